The Hall–Kier alpha value is -2.82. The van der Waals surface area contributed by atoms with Gasteiger partial charge in [-0.25, -0.2) is 4.98 Å². The van der Waals surface area contributed by atoms with E-state index < -0.39 is 0 Å². The Kier molecular flexibility index (Phi) is 5.10. The first-order chi connectivity index (χ1) is 13.2. The zero-order valence-corrected chi connectivity index (χ0v) is 15.6. The second-order valence-electron chi connectivity index (χ2n) is 7.08. The van der Waals surface area contributed by atoms with Gasteiger partial charge in [-0.2, -0.15) is 0 Å². The van der Waals surface area contributed by atoms with Crippen molar-refractivity contribution in [3.05, 3.63) is 54.2 Å². The van der Waals surface area contributed by atoms with Crippen LogP contribution in [0.15, 0.2) is 48.7 Å². The van der Waals surface area contributed by atoms with Gasteiger partial charge in [0.05, 0.1) is 0 Å². The highest BCUT2D eigenvalue weighted by Gasteiger charge is 2.26. The van der Waals surface area contributed by atoms with Crippen molar-refractivity contribution in [1.82, 2.24) is 4.98 Å². The summed E-state index contributed by atoms with van der Waals surface area (Å²) in [7, 11) is 0. The molecule has 1 amide bonds. The molecule has 1 aromatic carbocycles. The highest BCUT2D eigenvalue weighted by Crippen LogP contribution is 2.34. The molecular formula is C22H24N2O3. The maximum atomic E-state index is 13.2. The number of carbonyl (C=O) groups is 1. The largest absolute Gasteiger partial charge is 0.454 e. The van der Waals surface area contributed by atoms with Crippen molar-refractivity contribution < 1.29 is 14.3 Å². The Morgan fingerprint density at radius 3 is 2.70 bits per heavy atom. The Bertz CT molecular complexity index is 842. The summed E-state index contributed by atoms with van der Waals surface area (Å²) in [5.41, 5.74) is 1.85. The molecule has 27 heavy (non-hydrogen) atoms. The van der Waals surface area contributed by atoms with Crippen LogP contribution in [0.25, 0.3) is 5.57 Å². The molecule has 2 heterocycles. The van der Waals surface area contributed by atoms with E-state index in [0.29, 0.717) is 0 Å². The molecule has 4 rings (SSSR count). The minimum atomic E-state index is -0.0178. The minimum Gasteiger partial charge on any atom is -0.454 e. The van der Waals surface area contributed by atoms with Gasteiger partial charge < -0.3 is 9.47 Å². The Morgan fingerprint density at radius 1 is 1.11 bits per heavy atom. The molecule has 0 radical (unpaired) electrons. The molecule has 1 saturated carbocycles. The van der Waals surface area contributed by atoms with Gasteiger partial charge in [0.25, 0.3) is 5.91 Å². The van der Waals surface area contributed by atoms with Crippen LogP contribution in [-0.2, 0) is 4.79 Å². The lowest BCUT2D eigenvalue weighted by atomic mass is 9.94. The third-order valence-electron chi connectivity index (χ3n) is 5.24. The van der Waals surface area contributed by atoms with Gasteiger partial charge >= 0.3 is 0 Å². The average molecular weight is 364 g/mol. The van der Waals surface area contributed by atoms with E-state index in [1.165, 1.54) is 6.42 Å². The van der Waals surface area contributed by atoms with Crippen LogP contribution in [0.5, 0.6) is 11.5 Å². The van der Waals surface area contributed by atoms with Gasteiger partial charge in [0, 0.05) is 18.3 Å². The first kappa shape index (κ1) is 17.6. The molecule has 5 nitrogen and oxygen atoms in total. The lowest BCUT2D eigenvalue weighted by Crippen LogP contribution is -2.41. The van der Waals surface area contributed by atoms with Crippen LogP contribution in [0.1, 0.15) is 44.6 Å². The standard InChI is InChI=1S/C22H24N2O3/c1-16(17-10-11-19-20(14-17)27-15-26-19)13-22(25)24(18-7-3-2-4-8-18)21-9-5-6-12-23-21/h5-6,9-14,18H,2-4,7-8,15H2,1H3. The maximum absolute atomic E-state index is 13.2. The summed E-state index contributed by atoms with van der Waals surface area (Å²) in [6, 6.07) is 11.7. The normalized spacial score (nSPS) is 17.0. The first-order valence-corrected chi connectivity index (χ1v) is 9.55. The summed E-state index contributed by atoms with van der Waals surface area (Å²) >= 11 is 0. The van der Waals surface area contributed by atoms with Gasteiger partial charge in [-0.3, -0.25) is 9.69 Å². The number of carbonyl (C=O) groups excluding carboxylic acids is 1. The van der Waals surface area contributed by atoms with Crippen molar-refractivity contribution in [3.63, 3.8) is 0 Å². The lowest BCUT2D eigenvalue weighted by Gasteiger charge is -2.33. The molecule has 0 bridgehead atoms. The molecule has 0 atom stereocenters. The van der Waals surface area contributed by atoms with E-state index >= 15 is 0 Å². The van der Waals surface area contributed by atoms with Gasteiger partial charge in [0.1, 0.15) is 5.82 Å². The highest BCUT2D eigenvalue weighted by molar-refractivity contribution is 6.05. The average Bonchev–Trinajstić information content (AvgIpc) is 3.17. The van der Waals surface area contributed by atoms with Crippen LogP contribution >= 0.6 is 0 Å². The van der Waals surface area contributed by atoms with Gasteiger partial charge in [-0.05, 0) is 55.2 Å². The number of aromatic nitrogens is 1. The summed E-state index contributed by atoms with van der Waals surface area (Å²) < 4.78 is 10.8. The molecule has 5 heteroatoms. The van der Waals surface area contributed by atoms with Crippen molar-refractivity contribution in [2.24, 2.45) is 0 Å². The second-order valence-corrected chi connectivity index (χ2v) is 7.08. The number of nitrogens with zero attached hydrogens (tertiary/aromatic N) is 2. The predicted octanol–water partition coefficient (Wildman–Crippen LogP) is 4.58. The van der Waals surface area contributed by atoms with Gasteiger partial charge in [-0.1, -0.05) is 31.4 Å². The number of benzene rings is 1. The summed E-state index contributed by atoms with van der Waals surface area (Å²) in [6.07, 6.45) is 9.07. The van der Waals surface area contributed by atoms with Crippen molar-refractivity contribution in [1.29, 1.82) is 0 Å². The summed E-state index contributed by atoms with van der Waals surface area (Å²) in [5, 5.41) is 0. The fourth-order valence-corrected chi connectivity index (χ4v) is 3.80. The van der Waals surface area contributed by atoms with Crippen LogP contribution < -0.4 is 14.4 Å². The Labute approximate surface area is 159 Å². The predicted molar refractivity (Wildman–Crippen MR) is 105 cm³/mol. The molecule has 0 saturated heterocycles. The van der Waals surface area contributed by atoms with Crippen LogP contribution in [0.3, 0.4) is 0 Å². The number of hydrogen-bond acceptors (Lipinski definition) is 4. The molecule has 1 aliphatic carbocycles. The number of ether oxygens (including phenoxy) is 2. The van der Waals surface area contributed by atoms with Crippen molar-refractivity contribution >= 4 is 17.3 Å². The number of fused-ring (bicyclic) bond motifs is 1. The van der Waals surface area contributed by atoms with Crippen LogP contribution in [0.2, 0.25) is 0 Å². The highest BCUT2D eigenvalue weighted by atomic mass is 16.7. The van der Waals surface area contributed by atoms with Crippen molar-refractivity contribution in [2.75, 3.05) is 11.7 Å². The number of anilines is 1. The lowest BCUT2D eigenvalue weighted by molar-refractivity contribution is -0.114. The third kappa shape index (κ3) is 3.82. The quantitative estimate of drug-likeness (QED) is 0.745. The number of allylic oxidation sites excluding steroid dienone is 1. The van der Waals surface area contributed by atoms with E-state index in [1.54, 1.807) is 12.3 Å². The smallest absolute Gasteiger partial charge is 0.252 e. The number of amides is 1. The number of hydrogen-bond donors (Lipinski definition) is 0. The van der Waals surface area contributed by atoms with Crippen molar-refractivity contribution in [3.8, 4) is 11.5 Å². The molecule has 140 valence electrons. The fourth-order valence-electron chi connectivity index (χ4n) is 3.80. The maximum Gasteiger partial charge on any atom is 0.252 e. The van der Waals surface area contributed by atoms with Crippen LogP contribution in [-0.4, -0.2) is 23.7 Å². The van der Waals surface area contributed by atoms with Gasteiger partial charge in [0.15, 0.2) is 11.5 Å². The molecule has 0 N–H and O–H groups in total. The zero-order valence-electron chi connectivity index (χ0n) is 15.6. The molecule has 2 aliphatic rings. The molecule has 0 unspecified atom stereocenters. The Morgan fingerprint density at radius 2 is 1.93 bits per heavy atom. The first-order valence-electron chi connectivity index (χ1n) is 9.55. The summed E-state index contributed by atoms with van der Waals surface area (Å²) in [4.78, 5) is 19.5. The van der Waals surface area contributed by atoms with Crippen molar-refractivity contribution in [2.45, 2.75) is 45.1 Å². The monoisotopic (exact) mass is 364 g/mol. The molecule has 1 aromatic heterocycles. The number of pyridine rings is 1. The van der Waals surface area contributed by atoms with E-state index in [1.807, 2.05) is 48.2 Å². The fraction of sp³-hybridized carbons (Fsp3) is 0.364. The molecule has 1 fully saturated rings. The summed E-state index contributed by atoms with van der Waals surface area (Å²) in [6.45, 7) is 2.20. The topological polar surface area (TPSA) is 51.7 Å². The van der Waals surface area contributed by atoms with E-state index in [2.05, 4.69) is 4.98 Å². The molecule has 0 spiro atoms. The van der Waals surface area contributed by atoms with Crippen LogP contribution in [0, 0.1) is 0 Å². The summed E-state index contributed by atoms with van der Waals surface area (Å²) in [5.74, 6) is 2.18. The SMILES string of the molecule is CC(=CC(=O)N(c1ccccn1)C1CCCCC1)c1ccc2c(c1)OCO2. The van der Waals surface area contributed by atoms with Gasteiger partial charge in [-0.15, -0.1) is 0 Å². The molecule has 2 aromatic rings. The zero-order chi connectivity index (χ0) is 18.6. The van der Waals surface area contributed by atoms with Crippen LogP contribution in [0.4, 0.5) is 5.82 Å². The van der Waals surface area contributed by atoms with E-state index in [0.717, 1.165) is 54.1 Å². The molecular weight excluding hydrogens is 340 g/mol. The third-order valence-corrected chi connectivity index (χ3v) is 5.24. The second kappa shape index (κ2) is 7.82. The van der Waals surface area contributed by atoms with Gasteiger partial charge in [0.2, 0.25) is 6.79 Å². The molecule has 1 aliphatic heterocycles. The number of rotatable bonds is 4. The minimum absolute atomic E-state index is 0.0178. The Balaban J connectivity index is 1.61. The van der Waals surface area contributed by atoms with E-state index in [9.17, 15) is 4.79 Å². The van der Waals surface area contributed by atoms with E-state index in [-0.39, 0.29) is 18.7 Å². The van der Waals surface area contributed by atoms with E-state index in [4.69, 9.17) is 9.47 Å².